The molecule has 0 unspecified atom stereocenters. The summed E-state index contributed by atoms with van der Waals surface area (Å²) in [5.74, 6) is 0. The minimum atomic E-state index is 0. The standard InChI is InChI=1S/2C17H15.C2H6.CH3.2ClH.Si.Zr/c2*1-2-13-11-15-9-6-10-16(17(15)12-13)14-7-4-3-5-8-14;1-2;;;;;/h2*3-12H,2H2,1H3;1-2H3;1H3;2*1H;;/q2*-1;;-1;;;;+3. The quantitative estimate of drug-likeness (QED) is 0.129. The van der Waals surface area contributed by atoms with Crippen LogP contribution in [0, 0.1) is 7.43 Å². The van der Waals surface area contributed by atoms with Gasteiger partial charge in [0.05, 0.1) is 0 Å². The van der Waals surface area contributed by atoms with E-state index in [-0.39, 0.29) is 69.4 Å². The molecule has 41 heavy (non-hydrogen) atoms. The summed E-state index contributed by atoms with van der Waals surface area (Å²) < 4.78 is 0. The molecule has 6 rings (SSSR count). The van der Waals surface area contributed by atoms with E-state index in [1.165, 1.54) is 54.9 Å². The first-order valence-corrected chi connectivity index (χ1v) is 13.2. The Morgan fingerprint density at radius 3 is 1.17 bits per heavy atom. The molecule has 5 radical (unpaired) electrons. The smallest absolute Gasteiger partial charge is 0.358 e. The van der Waals surface area contributed by atoms with Crippen LogP contribution in [0.5, 0.6) is 0 Å². The fourth-order valence-electron chi connectivity index (χ4n) is 4.74. The van der Waals surface area contributed by atoms with Crippen LogP contribution in [0.3, 0.4) is 0 Å². The first kappa shape index (κ1) is 40.9. The fraction of sp³-hybridized carbons (Fsp3) is 0.162. The summed E-state index contributed by atoms with van der Waals surface area (Å²) in [4.78, 5) is 0. The topological polar surface area (TPSA) is 0 Å². The number of halogens is 2. The van der Waals surface area contributed by atoms with Crippen molar-refractivity contribution >= 4 is 57.3 Å². The van der Waals surface area contributed by atoms with Crippen molar-refractivity contribution in [3.63, 3.8) is 0 Å². The van der Waals surface area contributed by atoms with Gasteiger partial charge in [0, 0.05) is 11.0 Å². The van der Waals surface area contributed by atoms with Crippen molar-refractivity contribution in [2.24, 2.45) is 0 Å². The fourth-order valence-corrected chi connectivity index (χ4v) is 4.74. The maximum atomic E-state index is 2.32. The summed E-state index contributed by atoms with van der Waals surface area (Å²) in [7, 11) is 0. The van der Waals surface area contributed by atoms with Gasteiger partial charge in [-0.1, -0.05) is 112 Å². The van der Waals surface area contributed by atoms with Crippen molar-refractivity contribution in [3.05, 3.63) is 140 Å². The second-order valence-electron chi connectivity index (χ2n) is 8.78. The van der Waals surface area contributed by atoms with Gasteiger partial charge in [0.15, 0.2) is 0 Å². The van der Waals surface area contributed by atoms with Crippen molar-refractivity contribution in [2.75, 3.05) is 0 Å². The molecule has 0 heterocycles. The molecular formula is C37H41Cl2SiZr. The van der Waals surface area contributed by atoms with Crippen LogP contribution >= 0.6 is 24.8 Å². The van der Waals surface area contributed by atoms with Gasteiger partial charge in [0.25, 0.3) is 0 Å². The predicted molar refractivity (Wildman–Crippen MR) is 187 cm³/mol. The Morgan fingerprint density at radius 1 is 0.512 bits per heavy atom. The zero-order valence-electron chi connectivity index (χ0n) is 24.8. The minimum absolute atomic E-state index is 0. The molecule has 0 aromatic heterocycles. The second kappa shape index (κ2) is 20.6. The molecule has 0 atom stereocenters. The number of aryl methyl sites for hydroxylation is 2. The number of hydrogen-bond donors (Lipinski definition) is 0. The van der Waals surface area contributed by atoms with Gasteiger partial charge in [-0.05, 0) is 24.0 Å². The molecule has 6 aromatic rings. The molecule has 0 amide bonds. The normalized spacial score (nSPS) is 9.17. The van der Waals surface area contributed by atoms with Gasteiger partial charge < -0.3 is 7.43 Å². The summed E-state index contributed by atoms with van der Waals surface area (Å²) >= 11 is 0. The zero-order valence-corrected chi connectivity index (χ0v) is 29.9. The SMILES string of the molecule is CC.CCc1cc2c(-c3ccccc3)cccc2[cH-]1.CCc1cc2c(-c3ccccc3)cccc2[cH-]1.Cl.Cl.[CH3-].[Si].[Zr+3]. The molecular weight excluding hydrogens is 635 g/mol. The van der Waals surface area contributed by atoms with Crippen LogP contribution in [-0.2, 0) is 39.0 Å². The van der Waals surface area contributed by atoms with E-state index in [9.17, 15) is 0 Å². The van der Waals surface area contributed by atoms with Crippen LogP contribution in [-0.4, -0.2) is 11.0 Å². The van der Waals surface area contributed by atoms with Crippen molar-refractivity contribution in [1.29, 1.82) is 0 Å². The Bertz CT molecular complexity index is 1400. The number of rotatable bonds is 4. The molecule has 0 fully saturated rings. The van der Waals surface area contributed by atoms with E-state index in [2.05, 4.69) is 135 Å². The molecule has 4 heteroatoms. The molecule has 0 aliphatic rings. The summed E-state index contributed by atoms with van der Waals surface area (Å²) in [5.41, 5.74) is 8.11. The van der Waals surface area contributed by atoms with Gasteiger partial charge in [-0.15, -0.1) is 93.9 Å². The molecule has 0 nitrogen and oxygen atoms in total. The summed E-state index contributed by atoms with van der Waals surface area (Å²) in [6.07, 6.45) is 2.20. The first-order chi connectivity index (χ1) is 17.8. The molecule has 211 valence electrons. The van der Waals surface area contributed by atoms with Crippen molar-refractivity contribution in [1.82, 2.24) is 0 Å². The Hall–Kier alpha value is -2.22. The van der Waals surface area contributed by atoms with E-state index in [4.69, 9.17) is 0 Å². The van der Waals surface area contributed by atoms with Gasteiger partial charge in [0.2, 0.25) is 0 Å². The van der Waals surface area contributed by atoms with Gasteiger partial charge in [0.1, 0.15) is 0 Å². The second-order valence-corrected chi connectivity index (χ2v) is 8.78. The molecule has 0 aliphatic heterocycles. The average molecular weight is 676 g/mol. The third kappa shape index (κ3) is 9.93. The minimum Gasteiger partial charge on any atom is -0.358 e. The maximum absolute atomic E-state index is 2.32. The van der Waals surface area contributed by atoms with E-state index < -0.39 is 0 Å². The van der Waals surface area contributed by atoms with Crippen molar-refractivity contribution in [3.8, 4) is 22.3 Å². The van der Waals surface area contributed by atoms with Crippen molar-refractivity contribution < 1.29 is 26.2 Å². The molecule has 0 N–H and O–H groups in total. The predicted octanol–water partition coefficient (Wildman–Crippen LogP) is 11.5. The number of fused-ring (bicyclic) bond motifs is 2. The van der Waals surface area contributed by atoms with Crippen LogP contribution in [0.4, 0.5) is 0 Å². The summed E-state index contributed by atoms with van der Waals surface area (Å²) in [6.45, 7) is 8.41. The summed E-state index contributed by atoms with van der Waals surface area (Å²) in [6, 6.07) is 43.5. The first-order valence-electron chi connectivity index (χ1n) is 13.2. The van der Waals surface area contributed by atoms with Crippen LogP contribution in [0.1, 0.15) is 38.8 Å². The third-order valence-corrected chi connectivity index (χ3v) is 6.61. The number of hydrogen-bond acceptors (Lipinski definition) is 0. The van der Waals surface area contributed by atoms with E-state index in [0.717, 1.165) is 12.8 Å². The van der Waals surface area contributed by atoms with E-state index >= 15 is 0 Å². The average Bonchev–Trinajstić information content (AvgIpc) is 3.59. The molecule has 0 aliphatic carbocycles. The molecule has 0 saturated heterocycles. The molecule has 0 saturated carbocycles. The van der Waals surface area contributed by atoms with Gasteiger partial charge in [-0.25, -0.2) is 0 Å². The van der Waals surface area contributed by atoms with Crippen LogP contribution in [0.15, 0.2) is 121 Å². The molecule has 6 aromatic carbocycles. The Morgan fingerprint density at radius 2 is 0.854 bits per heavy atom. The third-order valence-electron chi connectivity index (χ3n) is 6.61. The Balaban J connectivity index is 0. The van der Waals surface area contributed by atoms with E-state index in [1.807, 2.05) is 13.8 Å². The Kier molecular flexibility index (Phi) is 20.6. The largest absolute Gasteiger partial charge is 3.00 e. The van der Waals surface area contributed by atoms with Crippen LogP contribution in [0.25, 0.3) is 43.8 Å². The van der Waals surface area contributed by atoms with E-state index in [0.29, 0.717) is 0 Å². The van der Waals surface area contributed by atoms with Gasteiger partial charge in [-0.2, -0.15) is 12.1 Å². The van der Waals surface area contributed by atoms with Gasteiger partial charge >= 0.3 is 26.2 Å². The monoisotopic (exact) mass is 673 g/mol. The van der Waals surface area contributed by atoms with Crippen molar-refractivity contribution in [2.45, 2.75) is 40.5 Å². The van der Waals surface area contributed by atoms with Crippen LogP contribution in [0.2, 0.25) is 0 Å². The molecule has 0 spiro atoms. The van der Waals surface area contributed by atoms with E-state index in [1.54, 1.807) is 0 Å². The van der Waals surface area contributed by atoms with Crippen LogP contribution < -0.4 is 0 Å². The van der Waals surface area contributed by atoms with Gasteiger partial charge in [-0.3, -0.25) is 0 Å². The maximum Gasteiger partial charge on any atom is 3.00 e. The summed E-state index contributed by atoms with van der Waals surface area (Å²) in [5, 5.41) is 5.44. The molecule has 0 bridgehead atoms. The number of benzene rings is 4. The zero-order chi connectivity index (χ0) is 25.3. The Labute approximate surface area is 284 Å².